The summed E-state index contributed by atoms with van der Waals surface area (Å²) in [5.41, 5.74) is 9.52. The Labute approximate surface area is 126 Å². The van der Waals surface area contributed by atoms with E-state index in [-0.39, 0.29) is 0 Å². The van der Waals surface area contributed by atoms with Gasteiger partial charge >= 0.3 is 0 Å². The summed E-state index contributed by atoms with van der Waals surface area (Å²) in [5.74, 6) is 0.910. The average Bonchev–Trinajstić information content (AvgIpc) is 2.84. The summed E-state index contributed by atoms with van der Waals surface area (Å²) in [5, 5.41) is 0. The molecule has 2 aromatic rings. The minimum atomic E-state index is 0.547. The summed E-state index contributed by atoms with van der Waals surface area (Å²) >= 11 is 0. The topological polar surface area (TPSA) is 38.5 Å². The Morgan fingerprint density at radius 2 is 1.90 bits per heavy atom. The van der Waals surface area contributed by atoms with Crippen molar-refractivity contribution < 1.29 is 4.74 Å². The number of anilines is 1. The van der Waals surface area contributed by atoms with Crippen LogP contribution in [0.1, 0.15) is 18.1 Å². The van der Waals surface area contributed by atoms with E-state index in [4.69, 9.17) is 10.5 Å². The first-order chi connectivity index (χ1) is 10.3. The number of fused-ring (bicyclic) bond motifs is 1. The Balaban J connectivity index is 1.58. The molecule has 21 heavy (non-hydrogen) atoms. The second kappa shape index (κ2) is 6.19. The van der Waals surface area contributed by atoms with E-state index in [0.717, 1.165) is 24.3 Å². The summed E-state index contributed by atoms with van der Waals surface area (Å²) in [6.07, 6.45) is 1.13. The van der Waals surface area contributed by atoms with E-state index in [1.807, 2.05) is 24.3 Å². The van der Waals surface area contributed by atoms with Crippen LogP contribution in [-0.2, 0) is 13.0 Å². The van der Waals surface area contributed by atoms with Crippen LogP contribution in [0.4, 0.5) is 5.69 Å². The van der Waals surface area contributed by atoms with Crippen LogP contribution in [0, 0.1) is 0 Å². The number of para-hydroxylation sites is 1. The fourth-order valence-corrected chi connectivity index (χ4v) is 2.95. The van der Waals surface area contributed by atoms with Gasteiger partial charge in [0.05, 0.1) is 6.54 Å². The molecule has 2 N–H and O–H groups in total. The van der Waals surface area contributed by atoms with Crippen LogP contribution < -0.4 is 15.4 Å². The van der Waals surface area contributed by atoms with Crippen molar-refractivity contribution in [1.82, 2.24) is 0 Å². The Bertz CT molecular complexity index is 594. The van der Waals surface area contributed by atoms with Crippen LogP contribution in [0.5, 0.6) is 5.75 Å². The van der Waals surface area contributed by atoms with Crippen molar-refractivity contribution in [2.75, 3.05) is 18.1 Å². The van der Waals surface area contributed by atoms with Crippen LogP contribution in [-0.4, -0.2) is 19.2 Å². The second-order valence-corrected chi connectivity index (χ2v) is 5.57. The zero-order valence-electron chi connectivity index (χ0n) is 12.5. The third-order valence-corrected chi connectivity index (χ3v) is 4.11. The van der Waals surface area contributed by atoms with Gasteiger partial charge in [-0.2, -0.15) is 0 Å². The van der Waals surface area contributed by atoms with Gasteiger partial charge in [-0.25, -0.2) is 0 Å². The molecular weight excluding hydrogens is 260 g/mol. The molecule has 1 unspecified atom stereocenters. The monoisotopic (exact) mass is 282 g/mol. The number of ether oxygens (including phenoxy) is 1. The minimum absolute atomic E-state index is 0.547. The standard InChI is InChI=1S/C18H22N2O/c1-14-12-16-4-2-3-5-18(16)20(14)10-11-21-17-8-6-15(13-19)7-9-17/h2-9,14H,10-13,19H2,1H3. The molecule has 0 aromatic heterocycles. The molecule has 1 heterocycles. The van der Waals surface area contributed by atoms with E-state index in [2.05, 4.69) is 36.1 Å². The number of nitrogens with zero attached hydrogens (tertiary/aromatic N) is 1. The summed E-state index contributed by atoms with van der Waals surface area (Å²) < 4.78 is 5.85. The summed E-state index contributed by atoms with van der Waals surface area (Å²) in [7, 11) is 0. The predicted molar refractivity (Wildman–Crippen MR) is 86.8 cm³/mol. The third kappa shape index (κ3) is 3.03. The molecule has 1 atom stereocenters. The molecule has 0 saturated carbocycles. The molecule has 0 fully saturated rings. The summed E-state index contributed by atoms with van der Waals surface area (Å²) in [6.45, 7) is 4.45. The summed E-state index contributed by atoms with van der Waals surface area (Å²) in [6, 6.07) is 17.2. The van der Waals surface area contributed by atoms with Crippen LogP contribution in [0.15, 0.2) is 48.5 Å². The van der Waals surface area contributed by atoms with Crippen molar-refractivity contribution >= 4 is 5.69 Å². The maximum atomic E-state index is 5.85. The smallest absolute Gasteiger partial charge is 0.119 e. The highest BCUT2D eigenvalue weighted by Crippen LogP contribution is 2.31. The number of benzene rings is 2. The lowest BCUT2D eigenvalue weighted by Crippen LogP contribution is -2.33. The molecule has 2 aromatic carbocycles. The van der Waals surface area contributed by atoms with Gasteiger partial charge in [0.1, 0.15) is 12.4 Å². The van der Waals surface area contributed by atoms with Gasteiger partial charge in [-0.15, -0.1) is 0 Å². The van der Waals surface area contributed by atoms with Gasteiger partial charge in [0.25, 0.3) is 0 Å². The van der Waals surface area contributed by atoms with Gasteiger partial charge in [0.15, 0.2) is 0 Å². The first-order valence-electron chi connectivity index (χ1n) is 7.54. The lowest BCUT2D eigenvalue weighted by molar-refractivity contribution is 0.321. The molecule has 0 spiro atoms. The van der Waals surface area contributed by atoms with Gasteiger partial charge in [-0.3, -0.25) is 0 Å². The molecule has 3 rings (SSSR count). The van der Waals surface area contributed by atoms with Gasteiger partial charge in [-0.05, 0) is 42.7 Å². The number of hydrogen-bond donors (Lipinski definition) is 1. The number of rotatable bonds is 5. The largest absolute Gasteiger partial charge is 0.492 e. The maximum Gasteiger partial charge on any atom is 0.119 e. The molecule has 0 bridgehead atoms. The van der Waals surface area contributed by atoms with E-state index >= 15 is 0 Å². The maximum absolute atomic E-state index is 5.85. The molecule has 0 saturated heterocycles. The van der Waals surface area contributed by atoms with Crippen molar-refractivity contribution in [2.24, 2.45) is 5.73 Å². The van der Waals surface area contributed by atoms with E-state index < -0.39 is 0 Å². The molecule has 1 aliphatic heterocycles. The van der Waals surface area contributed by atoms with Crippen LogP contribution in [0.3, 0.4) is 0 Å². The van der Waals surface area contributed by atoms with Crippen molar-refractivity contribution in [3.63, 3.8) is 0 Å². The van der Waals surface area contributed by atoms with Crippen molar-refractivity contribution in [3.8, 4) is 5.75 Å². The molecule has 0 aliphatic carbocycles. The fourth-order valence-electron chi connectivity index (χ4n) is 2.95. The van der Waals surface area contributed by atoms with E-state index in [9.17, 15) is 0 Å². The quantitative estimate of drug-likeness (QED) is 0.916. The van der Waals surface area contributed by atoms with E-state index in [1.165, 1.54) is 11.3 Å². The highest BCUT2D eigenvalue weighted by atomic mass is 16.5. The lowest BCUT2D eigenvalue weighted by Gasteiger charge is -2.24. The van der Waals surface area contributed by atoms with Crippen molar-refractivity contribution in [2.45, 2.75) is 25.9 Å². The number of nitrogens with two attached hydrogens (primary N) is 1. The molecular formula is C18H22N2O. The number of hydrogen-bond acceptors (Lipinski definition) is 3. The van der Waals surface area contributed by atoms with Crippen molar-refractivity contribution in [1.29, 1.82) is 0 Å². The average molecular weight is 282 g/mol. The highest BCUT2D eigenvalue weighted by Gasteiger charge is 2.24. The van der Waals surface area contributed by atoms with Crippen LogP contribution in [0.2, 0.25) is 0 Å². The van der Waals surface area contributed by atoms with Crippen molar-refractivity contribution in [3.05, 3.63) is 59.7 Å². The first-order valence-corrected chi connectivity index (χ1v) is 7.54. The van der Waals surface area contributed by atoms with Crippen LogP contribution >= 0.6 is 0 Å². The molecule has 3 heteroatoms. The Morgan fingerprint density at radius 3 is 2.67 bits per heavy atom. The third-order valence-electron chi connectivity index (χ3n) is 4.11. The Hall–Kier alpha value is -2.00. The Morgan fingerprint density at radius 1 is 1.14 bits per heavy atom. The van der Waals surface area contributed by atoms with Crippen LogP contribution in [0.25, 0.3) is 0 Å². The minimum Gasteiger partial charge on any atom is -0.492 e. The fraction of sp³-hybridized carbons (Fsp3) is 0.333. The van der Waals surface area contributed by atoms with Gasteiger partial charge in [0, 0.05) is 18.3 Å². The normalized spacial score (nSPS) is 16.9. The predicted octanol–water partition coefficient (Wildman–Crippen LogP) is 2.98. The SMILES string of the molecule is CC1Cc2ccccc2N1CCOc1ccc(CN)cc1. The molecule has 1 aliphatic rings. The first kappa shape index (κ1) is 14.0. The molecule has 110 valence electrons. The highest BCUT2D eigenvalue weighted by molar-refractivity contribution is 5.59. The molecule has 0 radical (unpaired) electrons. The second-order valence-electron chi connectivity index (χ2n) is 5.57. The molecule has 3 nitrogen and oxygen atoms in total. The molecule has 0 amide bonds. The van der Waals surface area contributed by atoms with E-state index in [1.54, 1.807) is 0 Å². The lowest BCUT2D eigenvalue weighted by atomic mass is 10.1. The van der Waals surface area contributed by atoms with Gasteiger partial charge < -0.3 is 15.4 Å². The zero-order chi connectivity index (χ0) is 14.7. The van der Waals surface area contributed by atoms with Gasteiger partial charge in [0.2, 0.25) is 0 Å². The zero-order valence-corrected chi connectivity index (χ0v) is 12.5. The Kier molecular flexibility index (Phi) is 4.11. The van der Waals surface area contributed by atoms with E-state index in [0.29, 0.717) is 19.2 Å². The summed E-state index contributed by atoms with van der Waals surface area (Å²) in [4.78, 5) is 2.43. The van der Waals surface area contributed by atoms with Gasteiger partial charge in [-0.1, -0.05) is 30.3 Å².